The number of ether oxygens (including phenoxy) is 2. The fourth-order valence-corrected chi connectivity index (χ4v) is 3.66. The van der Waals surface area contributed by atoms with Crippen molar-refractivity contribution in [3.05, 3.63) is 70.3 Å². The molecule has 1 aliphatic rings. The Morgan fingerprint density at radius 2 is 1.74 bits per heavy atom. The average Bonchev–Trinajstić information content (AvgIpc) is 2.82. The van der Waals surface area contributed by atoms with E-state index >= 15 is 0 Å². The molecule has 5 N–H and O–H groups in total. The zero-order chi connectivity index (χ0) is 26.0. The lowest BCUT2D eigenvalue weighted by molar-refractivity contribution is -0.134. The second kappa shape index (κ2) is 13.5. The van der Waals surface area contributed by atoms with Crippen LogP contribution >= 0.6 is 0 Å². The van der Waals surface area contributed by atoms with Gasteiger partial charge in [-0.2, -0.15) is 0 Å². The molecule has 0 bridgehead atoms. The van der Waals surface area contributed by atoms with Gasteiger partial charge < -0.3 is 25.6 Å². The summed E-state index contributed by atoms with van der Waals surface area (Å²) in [6.45, 7) is 4.13. The fourth-order valence-electron chi connectivity index (χ4n) is 3.66. The molecule has 2 aromatic rings. The smallest absolute Gasteiger partial charge is 0.300 e. The van der Waals surface area contributed by atoms with E-state index in [1.807, 2.05) is 0 Å². The molecule has 1 aliphatic heterocycles. The Balaban J connectivity index is 0.00000100. The van der Waals surface area contributed by atoms with Crippen molar-refractivity contribution in [2.24, 2.45) is 5.73 Å². The number of nitrogen functional groups attached to an aromatic ring is 1. The molecule has 8 nitrogen and oxygen atoms in total. The number of carbonyl (C=O) groups is 2. The van der Waals surface area contributed by atoms with Gasteiger partial charge in [0.1, 0.15) is 17.5 Å². The summed E-state index contributed by atoms with van der Waals surface area (Å²) < 4.78 is 40.6. The first kappa shape index (κ1) is 27.9. The first-order chi connectivity index (χ1) is 16.6. The van der Waals surface area contributed by atoms with Gasteiger partial charge in [0, 0.05) is 38.9 Å². The molecule has 0 aliphatic carbocycles. The van der Waals surface area contributed by atoms with Crippen molar-refractivity contribution in [3.63, 3.8) is 0 Å². The number of rotatable bonds is 8. The van der Waals surface area contributed by atoms with Gasteiger partial charge in [0.05, 0.1) is 5.56 Å². The Morgan fingerprint density at radius 3 is 2.23 bits per heavy atom. The van der Waals surface area contributed by atoms with Crippen LogP contribution in [0.5, 0.6) is 0 Å². The average molecular weight is 492 g/mol. The molecule has 1 saturated heterocycles. The third-order valence-electron chi connectivity index (χ3n) is 5.36. The van der Waals surface area contributed by atoms with E-state index in [4.69, 9.17) is 30.5 Å². The molecular weight excluding hydrogens is 460 g/mol. The van der Waals surface area contributed by atoms with E-state index in [0.29, 0.717) is 37.2 Å². The van der Waals surface area contributed by atoms with Crippen LogP contribution in [0.15, 0.2) is 36.4 Å². The van der Waals surface area contributed by atoms with Crippen LogP contribution in [0.3, 0.4) is 0 Å². The molecule has 1 amide bonds. The van der Waals surface area contributed by atoms with Gasteiger partial charge in [-0.15, -0.1) is 0 Å². The molecule has 1 atom stereocenters. The minimum atomic E-state index is -1.40. The predicted octanol–water partition coefficient (Wildman–Crippen LogP) is 3.63. The number of nitrogens with two attached hydrogens (primary N) is 1. The Hall–Kier alpha value is -3.37. The number of carboxylic acids is 1. The number of carbonyl (C=O) groups excluding carboxylic acids is 1. The molecule has 35 heavy (non-hydrogen) atoms. The lowest BCUT2D eigenvalue weighted by Crippen LogP contribution is -2.32. The molecular formula is C25H31F2N3O5. The minimum Gasteiger partial charge on any atom is -0.481 e. The van der Waals surface area contributed by atoms with E-state index in [9.17, 15) is 13.6 Å². The SMILES string of the molecule is CC(=O)O.CCOC(C(=O)NCc1ccc(C(=N)N)cc1)c1c(F)cc(C2CCOCC2)cc1F. The number of halogens is 2. The third-order valence-corrected chi connectivity index (χ3v) is 5.36. The summed E-state index contributed by atoms with van der Waals surface area (Å²) in [5, 5.41) is 17.5. The first-order valence-corrected chi connectivity index (χ1v) is 11.2. The maximum Gasteiger partial charge on any atom is 0.300 e. The molecule has 0 saturated carbocycles. The van der Waals surface area contributed by atoms with E-state index in [0.717, 1.165) is 12.5 Å². The zero-order valence-corrected chi connectivity index (χ0v) is 19.8. The summed E-state index contributed by atoms with van der Waals surface area (Å²) in [4.78, 5) is 21.7. The molecule has 1 fully saturated rings. The summed E-state index contributed by atoms with van der Waals surface area (Å²) in [7, 11) is 0. The molecule has 1 unspecified atom stereocenters. The van der Waals surface area contributed by atoms with Crippen LogP contribution in [-0.4, -0.2) is 42.6 Å². The maximum atomic E-state index is 14.9. The van der Waals surface area contributed by atoms with Crippen LogP contribution in [0, 0.1) is 17.0 Å². The predicted molar refractivity (Wildman–Crippen MR) is 126 cm³/mol. The Morgan fingerprint density at radius 1 is 1.20 bits per heavy atom. The maximum absolute atomic E-state index is 14.9. The van der Waals surface area contributed by atoms with Crippen molar-refractivity contribution in [1.29, 1.82) is 5.41 Å². The number of hydrogen-bond donors (Lipinski definition) is 4. The Kier molecular flexibility index (Phi) is 10.8. The number of nitrogens with one attached hydrogen (secondary N) is 2. The highest BCUT2D eigenvalue weighted by Gasteiger charge is 2.29. The number of amides is 1. The number of aliphatic carboxylic acids is 1. The number of amidine groups is 1. The Labute approximate surface area is 202 Å². The molecule has 3 rings (SSSR count). The molecule has 190 valence electrons. The highest BCUT2D eigenvalue weighted by Crippen LogP contribution is 2.32. The van der Waals surface area contributed by atoms with Crippen LogP contribution < -0.4 is 11.1 Å². The van der Waals surface area contributed by atoms with E-state index < -0.39 is 29.6 Å². The van der Waals surface area contributed by atoms with E-state index in [1.165, 1.54) is 12.1 Å². The van der Waals surface area contributed by atoms with Crippen LogP contribution in [0.1, 0.15) is 61.0 Å². The summed E-state index contributed by atoms with van der Waals surface area (Å²) in [6.07, 6.45) is 0.0108. The van der Waals surface area contributed by atoms with E-state index in [2.05, 4.69) is 5.32 Å². The van der Waals surface area contributed by atoms with Gasteiger partial charge in [-0.05, 0) is 48.9 Å². The van der Waals surface area contributed by atoms with Crippen LogP contribution in [0.2, 0.25) is 0 Å². The molecule has 0 spiro atoms. The van der Waals surface area contributed by atoms with Crippen molar-refractivity contribution in [2.75, 3.05) is 19.8 Å². The number of carboxylic acid groups (broad SMARTS) is 1. The van der Waals surface area contributed by atoms with Gasteiger partial charge in [0.15, 0.2) is 6.10 Å². The van der Waals surface area contributed by atoms with Gasteiger partial charge >= 0.3 is 0 Å². The van der Waals surface area contributed by atoms with Crippen molar-refractivity contribution in [2.45, 2.75) is 45.3 Å². The quantitative estimate of drug-likeness (QED) is 0.329. The third kappa shape index (κ3) is 8.41. The van der Waals surface area contributed by atoms with Crippen molar-refractivity contribution < 1.29 is 33.0 Å². The largest absolute Gasteiger partial charge is 0.481 e. The number of hydrogen-bond acceptors (Lipinski definition) is 5. The second-order valence-corrected chi connectivity index (χ2v) is 7.97. The molecule has 1 heterocycles. The minimum absolute atomic E-state index is 0.0316. The van der Waals surface area contributed by atoms with Crippen molar-refractivity contribution in [1.82, 2.24) is 5.32 Å². The van der Waals surface area contributed by atoms with Crippen LogP contribution in [-0.2, 0) is 25.6 Å². The van der Waals surface area contributed by atoms with Gasteiger partial charge in [-0.25, -0.2) is 8.78 Å². The monoisotopic (exact) mass is 491 g/mol. The zero-order valence-electron chi connectivity index (χ0n) is 19.8. The summed E-state index contributed by atoms with van der Waals surface area (Å²) in [6, 6.07) is 9.37. The molecule has 0 radical (unpaired) electrons. The van der Waals surface area contributed by atoms with Crippen molar-refractivity contribution >= 4 is 17.7 Å². The van der Waals surface area contributed by atoms with Crippen LogP contribution in [0.4, 0.5) is 8.78 Å². The molecule has 0 aromatic heterocycles. The second-order valence-electron chi connectivity index (χ2n) is 7.97. The lowest BCUT2D eigenvalue weighted by Gasteiger charge is -2.24. The van der Waals surface area contributed by atoms with Crippen LogP contribution in [0.25, 0.3) is 0 Å². The fraction of sp³-hybridized carbons (Fsp3) is 0.400. The van der Waals surface area contributed by atoms with Gasteiger partial charge in [0.2, 0.25) is 0 Å². The summed E-state index contributed by atoms with van der Waals surface area (Å²) in [5.74, 6) is -3.07. The molecule has 10 heteroatoms. The van der Waals surface area contributed by atoms with Gasteiger partial charge in [0.25, 0.3) is 11.9 Å². The number of benzene rings is 2. The van der Waals surface area contributed by atoms with E-state index in [-0.39, 0.29) is 30.5 Å². The highest BCUT2D eigenvalue weighted by molar-refractivity contribution is 5.94. The first-order valence-electron chi connectivity index (χ1n) is 11.2. The van der Waals surface area contributed by atoms with E-state index in [1.54, 1.807) is 31.2 Å². The molecule has 2 aromatic carbocycles. The summed E-state index contributed by atoms with van der Waals surface area (Å²) in [5.41, 5.74) is 6.94. The normalized spacial score (nSPS) is 14.4. The Bertz CT molecular complexity index is 997. The van der Waals surface area contributed by atoms with Crippen molar-refractivity contribution in [3.8, 4) is 0 Å². The standard InChI is InChI=1S/C23H27F2N3O3.C2H4O2/c1-2-31-21(23(29)28-13-14-3-5-16(6-4-14)22(26)27)20-18(24)11-17(12-19(20)25)15-7-9-30-10-8-15;1-2(3)4/h3-6,11-12,15,21H,2,7-10,13H2,1H3,(H3,26,27)(H,28,29);1H3,(H,3,4). The summed E-state index contributed by atoms with van der Waals surface area (Å²) >= 11 is 0. The topological polar surface area (TPSA) is 135 Å². The van der Waals surface area contributed by atoms with Gasteiger partial charge in [-0.1, -0.05) is 24.3 Å². The lowest BCUT2D eigenvalue weighted by atomic mass is 9.90. The highest BCUT2D eigenvalue weighted by atomic mass is 19.1. The van der Waals surface area contributed by atoms with Gasteiger partial charge in [-0.3, -0.25) is 15.0 Å².